The molecular weight excluding hydrogens is 294 g/mol. The quantitative estimate of drug-likeness (QED) is 0.859. The molecule has 0 aliphatic carbocycles. The molecule has 18 heavy (non-hydrogen) atoms. The van der Waals surface area contributed by atoms with Gasteiger partial charge in [-0.1, -0.05) is 6.92 Å². The molecule has 1 aromatic rings. The Labute approximate surface area is 116 Å². The molecule has 98 valence electrons. The van der Waals surface area contributed by atoms with Crippen LogP contribution in [0.2, 0.25) is 0 Å². The summed E-state index contributed by atoms with van der Waals surface area (Å²) >= 11 is 3.52. The summed E-state index contributed by atoms with van der Waals surface area (Å²) < 4.78 is 8.25. The first-order chi connectivity index (χ1) is 8.76. The van der Waals surface area contributed by atoms with Crippen molar-refractivity contribution >= 4 is 15.9 Å². The highest BCUT2D eigenvalue weighted by Gasteiger charge is 2.21. The van der Waals surface area contributed by atoms with Gasteiger partial charge in [-0.15, -0.1) is 0 Å². The number of nitrogens with zero attached hydrogens (tertiary/aromatic N) is 3. The van der Waals surface area contributed by atoms with Crippen molar-refractivity contribution in [3.63, 3.8) is 0 Å². The third kappa shape index (κ3) is 2.93. The summed E-state index contributed by atoms with van der Waals surface area (Å²) in [5.41, 5.74) is 1.67. The molecule has 1 aliphatic heterocycles. The molecule has 2 heterocycles. The molecule has 1 saturated heterocycles. The smallest absolute Gasteiger partial charge is 0.176 e. The van der Waals surface area contributed by atoms with Crippen molar-refractivity contribution in [1.82, 2.24) is 9.78 Å². The molecule has 0 aromatic carbocycles. The van der Waals surface area contributed by atoms with Gasteiger partial charge in [-0.25, -0.2) is 0 Å². The standard InChI is InChI=1S/C13H18BrN3O/c1-2-5-17-12(13(14)11(9-15)16-17)8-10-3-6-18-7-4-10/h10H,2-8H2,1H3. The second-order valence-corrected chi connectivity index (χ2v) is 5.50. The third-order valence-electron chi connectivity index (χ3n) is 3.36. The Morgan fingerprint density at radius 3 is 2.83 bits per heavy atom. The summed E-state index contributed by atoms with van der Waals surface area (Å²) in [6, 6.07) is 2.15. The van der Waals surface area contributed by atoms with Crippen LogP contribution in [0.25, 0.3) is 0 Å². The van der Waals surface area contributed by atoms with Crippen molar-refractivity contribution < 1.29 is 4.74 Å². The maximum Gasteiger partial charge on any atom is 0.176 e. The van der Waals surface area contributed by atoms with Crippen LogP contribution in [0.4, 0.5) is 0 Å². The number of hydrogen-bond donors (Lipinski definition) is 0. The Bertz CT molecular complexity index is 444. The minimum Gasteiger partial charge on any atom is -0.381 e. The SMILES string of the molecule is CCCn1nc(C#N)c(Br)c1CC1CCOCC1. The van der Waals surface area contributed by atoms with Gasteiger partial charge in [0.15, 0.2) is 5.69 Å². The van der Waals surface area contributed by atoms with E-state index in [-0.39, 0.29) is 0 Å². The van der Waals surface area contributed by atoms with E-state index in [9.17, 15) is 0 Å². The number of ether oxygens (including phenoxy) is 1. The molecule has 4 nitrogen and oxygen atoms in total. The highest BCUT2D eigenvalue weighted by Crippen LogP contribution is 2.27. The van der Waals surface area contributed by atoms with Crippen molar-refractivity contribution in [2.75, 3.05) is 13.2 Å². The van der Waals surface area contributed by atoms with Crippen molar-refractivity contribution in [3.05, 3.63) is 15.9 Å². The van der Waals surface area contributed by atoms with E-state index in [1.54, 1.807) is 0 Å². The fourth-order valence-corrected chi connectivity index (χ4v) is 2.90. The number of halogens is 1. The molecule has 1 fully saturated rings. The Morgan fingerprint density at radius 2 is 2.22 bits per heavy atom. The average Bonchev–Trinajstić information content (AvgIpc) is 2.69. The summed E-state index contributed by atoms with van der Waals surface area (Å²) in [7, 11) is 0. The van der Waals surface area contributed by atoms with Crippen LogP contribution in [0.5, 0.6) is 0 Å². The maximum absolute atomic E-state index is 9.05. The van der Waals surface area contributed by atoms with E-state index in [1.165, 1.54) is 5.69 Å². The van der Waals surface area contributed by atoms with Gasteiger partial charge in [0, 0.05) is 19.8 Å². The van der Waals surface area contributed by atoms with Crippen molar-refractivity contribution in [1.29, 1.82) is 5.26 Å². The van der Waals surface area contributed by atoms with Crippen LogP contribution in [0.3, 0.4) is 0 Å². The van der Waals surface area contributed by atoms with Gasteiger partial charge in [-0.3, -0.25) is 4.68 Å². The van der Waals surface area contributed by atoms with Crippen molar-refractivity contribution in [3.8, 4) is 6.07 Å². The maximum atomic E-state index is 9.05. The summed E-state index contributed by atoms with van der Waals surface area (Å²) in [6.07, 6.45) is 4.22. The Kier molecular flexibility index (Phi) is 4.79. The molecule has 0 atom stereocenters. The molecule has 2 rings (SSSR count). The number of nitriles is 1. The number of aryl methyl sites for hydroxylation is 1. The van der Waals surface area contributed by atoms with Gasteiger partial charge < -0.3 is 4.74 Å². The van der Waals surface area contributed by atoms with Crippen LogP contribution in [0, 0.1) is 17.2 Å². The lowest BCUT2D eigenvalue weighted by Crippen LogP contribution is -2.19. The minimum atomic E-state index is 0.505. The molecule has 0 amide bonds. The number of aromatic nitrogens is 2. The highest BCUT2D eigenvalue weighted by molar-refractivity contribution is 9.10. The van der Waals surface area contributed by atoms with E-state index in [0.717, 1.165) is 49.9 Å². The van der Waals surface area contributed by atoms with Crippen LogP contribution >= 0.6 is 15.9 Å². The van der Waals surface area contributed by atoms with Crippen LogP contribution in [-0.2, 0) is 17.7 Å². The third-order valence-corrected chi connectivity index (χ3v) is 4.19. The van der Waals surface area contributed by atoms with Gasteiger partial charge >= 0.3 is 0 Å². The lowest BCUT2D eigenvalue weighted by atomic mass is 9.95. The molecule has 0 unspecified atom stereocenters. The molecule has 5 heteroatoms. The fourth-order valence-electron chi connectivity index (χ4n) is 2.36. The van der Waals surface area contributed by atoms with Gasteiger partial charge in [0.05, 0.1) is 10.2 Å². The lowest BCUT2D eigenvalue weighted by molar-refractivity contribution is 0.0659. The summed E-state index contributed by atoms with van der Waals surface area (Å²) in [5.74, 6) is 0.647. The highest BCUT2D eigenvalue weighted by atomic mass is 79.9. The summed E-state index contributed by atoms with van der Waals surface area (Å²) in [6.45, 7) is 4.71. The van der Waals surface area contributed by atoms with Crippen molar-refractivity contribution in [2.24, 2.45) is 5.92 Å². The molecular formula is C13H18BrN3O. The topological polar surface area (TPSA) is 50.8 Å². The van der Waals surface area contributed by atoms with Gasteiger partial charge in [0.25, 0.3) is 0 Å². The molecule has 0 radical (unpaired) electrons. The minimum absolute atomic E-state index is 0.505. The zero-order chi connectivity index (χ0) is 13.0. The molecule has 0 saturated carbocycles. The zero-order valence-electron chi connectivity index (χ0n) is 10.7. The molecule has 0 bridgehead atoms. The Hall–Kier alpha value is -0.860. The van der Waals surface area contributed by atoms with E-state index in [0.29, 0.717) is 11.6 Å². The van der Waals surface area contributed by atoms with Crippen LogP contribution < -0.4 is 0 Å². The number of hydrogen-bond acceptors (Lipinski definition) is 3. The molecule has 1 aromatic heterocycles. The first kappa shape index (κ1) is 13.6. The van der Waals surface area contributed by atoms with Gasteiger partial charge in [-0.05, 0) is 47.5 Å². The van der Waals surface area contributed by atoms with Crippen LogP contribution in [-0.4, -0.2) is 23.0 Å². The van der Waals surface area contributed by atoms with Gasteiger partial charge in [0.1, 0.15) is 6.07 Å². The first-order valence-electron chi connectivity index (χ1n) is 6.49. The van der Waals surface area contributed by atoms with Crippen molar-refractivity contribution in [2.45, 2.75) is 39.2 Å². The average molecular weight is 312 g/mol. The van der Waals surface area contributed by atoms with Crippen LogP contribution in [0.15, 0.2) is 4.47 Å². The monoisotopic (exact) mass is 311 g/mol. The first-order valence-corrected chi connectivity index (χ1v) is 7.28. The predicted molar refractivity (Wildman–Crippen MR) is 72.2 cm³/mol. The largest absolute Gasteiger partial charge is 0.381 e. The van der Waals surface area contributed by atoms with E-state index in [4.69, 9.17) is 10.00 Å². The zero-order valence-corrected chi connectivity index (χ0v) is 12.2. The second kappa shape index (κ2) is 6.35. The normalized spacial score (nSPS) is 16.7. The summed E-state index contributed by atoms with van der Waals surface area (Å²) in [4.78, 5) is 0. The predicted octanol–water partition coefficient (Wildman–Crippen LogP) is 2.90. The van der Waals surface area contributed by atoms with Gasteiger partial charge in [-0.2, -0.15) is 10.4 Å². The second-order valence-electron chi connectivity index (χ2n) is 4.70. The van der Waals surface area contributed by atoms with E-state index >= 15 is 0 Å². The fraction of sp³-hybridized carbons (Fsp3) is 0.692. The number of rotatable bonds is 4. The summed E-state index contributed by atoms with van der Waals surface area (Å²) in [5, 5.41) is 13.4. The Morgan fingerprint density at radius 1 is 1.50 bits per heavy atom. The Balaban J connectivity index is 2.18. The molecule has 0 spiro atoms. The lowest BCUT2D eigenvalue weighted by Gasteiger charge is -2.22. The molecule has 1 aliphatic rings. The van der Waals surface area contributed by atoms with Gasteiger partial charge in [0.2, 0.25) is 0 Å². The van der Waals surface area contributed by atoms with E-state index in [1.807, 2.05) is 4.68 Å². The van der Waals surface area contributed by atoms with Crippen LogP contribution in [0.1, 0.15) is 37.6 Å². The van der Waals surface area contributed by atoms with E-state index < -0.39 is 0 Å². The van der Waals surface area contributed by atoms with E-state index in [2.05, 4.69) is 34.0 Å². The molecule has 0 N–H and O–H groups in total.